The summed E-state index contributed by atoms with van der Waals surface area (Å²) in [6.07, 6.45) is 0.123. The van der Waals surface area contributed by atoms with E-state index >= 15 is 0 Å². The third-order valence-electron chi connectivity index (χ3n) is 3.31. The molecule has 2 aromatic rings. The first-order chi connectivity index (χ1) is 10.1. The molecule has 0 amide bonds. The fourth-order valence-electron chi connectivity index (χ4n) is 2.12. The Labute approximate surface area is 133 Å². The van der Waals surface area contributed by atoms with Gasteiger partial charge in [0.15, 0.2) is 0 Å². The topological polar surface area (TPSA) is 40.5 Å². The minimum absolute atomic E-state index is 0.123. The maximum absolute atomic E-state index is 10.9. The number of aliphatic carboxylic acids is 1. The molecular formula is C17H18BrNO2. The Bertz CT molecular complexity index is 610. The van der Waals surface area contributed by atoms with Gasteiger partial charge >= 0.3 is 5.97 Å². The lowest BCUT2D eigenvalue weighted by Gasteiger charge is -2.25. The molecule has 0 fully saturated rings. The summed E-state index contributed by atoms with van der Waals surface area (Å²) < 4.78 is 1.04. The molecule has 0 aliphatic carbocycles. The van der Waals surface area contributed by atoms with Crippen LogP contribution in [0.3, 0.4) is 0 Å². The van der Waals surface area contributed by atoms with E-state index in [2.05, 4.69) is 20.8 Å². The summed E-state index contributed by atoms with van der Waals surface area (Å²) in [5.41, 5.74) is 3.37. The zero-order valence-corrected chi connectivity index (χ0v) is 13.5. The summed E-state index contributed by atoms with van der Waals surface area (Å²) in [4.78, 5) is 13.0. The van der Waals surface area contributed by atoms with Gasteiger partial charge in [-0.1, -0.05) is 51.8 Å². The summed E-state index contributed by atoms with van der Waals surface area (Å²) >= 11 is 3.55. The Hall–Kier alpha value is -1.81. The molecule has 0 spiro atoms. The summed E-state index contributed by atoms with van der Waals surface area (Å²) in [6.45, 7) is 3.21. The van der Waals surface area contributed by atoms with E-state index in [9.17, 15) is 4.79 Å². The Balaban J connectivity index is 2.21. The van der Waals surface area contributed by atoms with E-state index in [1.165, 1.54) is 5.56 Å². The average molecular weight is 348 g/mol. The van der Waals surface area contributed by atoms with E-state index in [1.54, 1.807) is 0 Å². The number of carboxylic acid groups (broad SMARTS) is 1. The minimum atomic E-state index is -0.778. The molecule has 2 rings (SSSR count). The SMILES string of the molecule is Cc1ccc(N(CCC(=O)O)Cc2ccccc2Br)cc1. The second-order valence-electron chi connectivity index (χ2n) is 4.99. The largest absolute Gasteiger partial charge is 0.481 e. The van der Waals surface area contributed by atoms with Crippen molar-refractivity contribution < 1.29 is 9.90 Å². The van der Waals surface area contributed by atoms with Gasteiger partial charge in [0.05, 0.1) is 6.42 Å². The highest BCUT2D eigenvalue weighted by molar-refractivity contribution is 9.10. The van der Waals surface area contributed by atoms with Gasteiger partial charge in [-0.25, -0.2) is 0 Å². The maximum atomic E-state index is 10.9. The Morgan fingerprint density at radius 1 is 1.14 bits per heavy atom. The van der Waals surface area contributed by atoms with Crippen LogP contribution >= 0.6 is 15.9 Å². The van der Waals surface area contributed by atoms with Crippen LogP contribution in [0.4, 0.5) is 5.69 Å². The number of halogens is 1. The molecule has 1 N–H and O–H groups in total. The molecule has 0 atom stereocenters. The number of carbonyl (C=O) groups is 1. The number of benzene rings is 2. The van der Waals surface area contributed by atoms with Crippen LogP contribution in [0.15, 0.2) is 53.0 Å². The molecule has 0 saturated carbocycles. The molecule has 0 unspecified atom stereocenters. The summed E-state index contributed by atoms with van der Waals surface area (Å²) in [5.74, 6) is -0.778. The van der Waals surface area contributed by atoms with Gasteiger partial charge in [0.25, 0.3) is 0 Å². The highest BCUT2D eigenvalue weighted by Gasteiger charge is 2.11. The number of nitrogens with zero attached hydrogens (tertiary/aromatic N) is 1. The zero-order valence-electron chi connectivity index (χ0n) is 11.9. The number of hydrogen-bond acceptors (Lipinski definition) is 2. The number of hydrogen-bond donors (Lipinski definition) is 1. The zero-order chi connectivity index (χ0) is 15.2. The molecule has 3 nitrogen and oxygen atoms in total. The van der Waals surface area contributed by atoms with E-state index in [0.717, 1.165) is 15.7 Å². The van der Waals surface area contributed by atoms with Crippen LogP contribution in [-0.2, 0) is 11.3 Å². The highest BCUT2D eigenvalue weighted by Crippen LogP contribution is 2.22. The first kappa shape index (κ1) is 15.6. The van der Waals surface area contributed by atoms with Crippen molar-refractivity contribution in [2.24, 2.45) is 0 Å². The number of anilines is 1. The molecule has 110 valence electrons. The summed E-state index contributed by atoms with van der Waals surface area (Å²) in [7, 11) is 0. The van der Waals surface area contributed by atoms with Gasteiger partial charge in [-0.3, -0.25) is 4.79 Å². The van der Waals surface area contributed by atoms with Crippen LogP contribution in [-0.4, -0.2) is 17.6 Å². The van der Waals surface area contributed by atoms with Gasteiger partial charge < -0.3 is 10.0 Å². The van der Waals surface area contributed by atoms with E-state index in [4.69, 9.17) is 5.11 Å². The molecule has 2 aromatic carbocycles. The molecule has 0 aliphatic rings. The van der Waals surface area contributed by atoms with Crippen molar-refractivity contribution in [3.63, 3.8) is 0 Å². The van der Waals surface area contributed by atoms with Crippen molar-refractivity contribution in [3.05, 3.63) is 64.1 Å². The van der Waals surface area contributed by atoms with Crippen LogP contribution in [0, 0.1) is 6.92 Å². The van der Waals surface area contributed by atoms with Crippen molar-refractivity contribution in [1.82, 2.24) is 0 Å². The molecule has 0 aliphatic heterocycles. The Morgan fingerprint density at radius 3 is 2.43 bits per heavy atom. The summed E-state index contributed by atoms with van der Waals surface area (Å²) in [6, 6.07) is 16.2. The highest BCUT2D eigenvalue weighted by atomic mass is 79.9. The molecule has 4 heteroatoms. The number of carboxylic acids is 1. The molecule has 0 bridgehead atoms. The fourth-order valence-corrected chi connectivity index (χ4v) is 2.53. The predicted octanol–water partition coefficient (Wildman–Crippen LogP) is 4.24. The van der Waals surface area contributed by atoms with Gasteiger partial charge in [0, 0.05) is 23.2 Å². The second kappa shape index (κ2) is 7.27. The van der Waals surface area contributed by atoms with Gasteiger partial charge in [-0.15, -0.1) is 0 Å². The third kappa shape index (κ3) is 4.60. The van der Waals surface area contributed by atoms with E-state index in [-0.39, 0.29) is 6.42 Å². The quantitative estimate of drug-likeness (QED) is 0.849. The molecule has 0 aromatic heterocycles. The smallest absolute Gasteiger partial charge is 0.305 e. The van der Waals surface area contributed by atoms with Gasteiger partial charge in [-0.2, -0.15) is 0 Å². The molecule has 0 saturated heterocycles. The lowest BCUT2D eigenvalue weighted by molar-refractivity contribution is -0.136. The molecular weight excluding hydrogens is 330 g/mol. The van der Waals surface area contributed by atoms with Crippen LogP contribution in [0.5, 0.6) is 0 Å². The normalized spacial score (nSPS) is 10.4. The minimum Gasteiger partial charge on any atom is -0.481 e. The lowest BCUT2D eigenvalue weighted by atomic mass is 10.1. The van der Waals surface area contributed by atoms with Gasteiger partial charge in [0.1, 0.15) is 0 Å². The monoisotopic (exact) mass is 347 g/mol. The fraction of sp³-hybridized carbons (Fsp3) is 0.235. The average Bonchev–Trinajstić information content (AvgIpc) is 2.46. The van der Waals surface area contributed by atoms with Crippen molar-refractivity contribution in [1.29, 1.82) is 0 Å². The van der Waals surface area contributed by atoms with Crippen molar-refractivity contribution in [2.75, 3.05) is 11.4 Å². The Kier molecular flexibility index (Phi) is 5.39. The lowest BCUT2D eigenvalue weighted by Crippen LogP contribution is -2.25. The molecule has 21 heavy (non-hydrogen) atoms. The van der Waals surface area contributed by atoms with E-state index < -0.39 is 5.97 Å². The standard InChI is InChI=1S/C17H18BrNO2/c1-13-6-8-15(9-7-13)19(11-10-17(20)21)12-14-4-2-3-5-16(14)18/h2-9H,10-12H2,1H3,(H,20,21). The maximum Gasteiger partial charge on any atom is 0.305 e. The van der Waals surface area contributed by atoms with Crippen LogP contribution < -0.4 is 4.90 Å². The first-order valence-electron chi connectivity index (χ1n) is 6.83. The molecule has 0 heterocycles. The van der Waals surface area contributed by atoms with Crippen molar-refractivity contribution >= 4 is 27.6 Å². The van der Waals surface area contributed by atoms with Crippen LogP contribution in [0.25, 0.3) is 0 Å². The second-order valence-corrected chi connectivity index (χ2v) is 5.85. The predicted molar refractivity (Wildman–Crippen MR) is 88.6 cm³/mol. The van der Waals surface area contributed by atoms with Crippen LogP contribution in [0.2, 0.25) is 0 Å². The Morgan fingerprint density at radius 2 is 1.81 bits per heavy atom. The number of rotatable bonds is 6. The van der Waals surface area contributed by atoms with Crippen molar-refractivity contribution in [3.8, 4) is 0 Å². The third-order valence-corrected chi connectivity index (χ3v) is 4.09. The first-order valence-corrected chi connectivity index (χ1v) is 7.62. The van der Waals surface area contributed by atoms with Gasteiger partial charge in [0.2, 0.25) is 0 Å². The van der Waals surface area contributed by atoms with E-state index in [0.29, 0.717) is 13.1 Å². The van der Waals surface area contributed by atoms with E-state index in [1.807, 2.05) is 55.5 Å². The van der Waals surface area contributed by atoms with Gasteiger partial charge in [-0.05, 0) is 30.7 Å². The van der Waals surface area contributed by atoms with Crippen molar-refractivity contribution in [2.45, 2.75) is 19.9 Å². The number of aryl methyl sites for hydroxylation is 1. The molecule has 0 radical (unpaired) electrons. The summed E-state index contributed by atoms with van der Waals surface area (Å²) in [5, 5.41) is 8.94. The van der Waals surface area contributed by atoms with Crippen LogP contribution in [0.1, 0.15) is 17.5 Å².